The number of carbonyl (C=O) groups is 2. The lowest BCUT2D eigenvalue weighted by Gasteiger charge is -2.31. The lowest BCUT2D eigenvalue weighted by molar-refractivity contribution is -0.141. The Bertz CT molecular complexity index is 929. The second kappa shape index (κ2) is 13.5. The van der Waals surface area contributed by atoms with Gasteiger partial charge in [0.25, 0.3) is 0 Å². The average molecular weight is 471 g/mol. The van der Waals surface area contributed by atoms with Gasteiger partial charge >= 0.3 is 0 Å². The maximum absolute atomic E-state index is 13.4. The van der Waals surface area contributed by atoms with Crippen molar-refractivity contribution in [2.75, 3.05) is 21.3 Å². The molecule has 0 saturated carbocycles. The highest BCUT2D eigenvalue weighted by Crippen LogP contribution is 2.28. The summed E-state index contributed by atoms with van der Waals surface area (Å²) in [5, 5.41) is 3.04. The Kier molecular flexibility index (Phi) is 10.7. The van der Waals surface area contributed by atoms with E-state index in [1.807, 2.05) is 63.2 Å². The molecule has 2 atom stereocenters. The van der Waals surface area contributed by atoms with Crippen molar-refractivity contribution < 1.29 is 23.8 Å². The van der Waals surface area contributed by atoms with E-state index in [2.05, 4.69) is 5.32 Å². The molecule has 0 saturated heterocycles. The van der Waals surface area contributed by atoms with Crippen molar-refractivity contribution in [3.8, 4) is 17.2 Å². The molecule has 2 aromatic carbocycles. The van der Waals surface area contributed by atoms with Crippen LogP contribution in [0.25, 0.3) is 0 Å². The molecule has 186 valence electrons. The van der Waals surface area contributed by atoms with Crippen LogP contribution in [-0.2, 0) is 22.6 Å². The van der Waals surface area contributed by atoms with Crippen LogP contribution < -0.4 is 19.5 Å². The van der Waals surface area contributed by atoms with Gasteiger partial charge in [0, 0.05) is 19.0 Å². The minimum absolute atomic E-state index is 0.0475. The molecule has 34 heavy (non-hydrogen) atoms. The first-order valence-electron chi connectivity index (χ1n) is 11.8. The first kappa shape index (κ1) is 27.0. The molecule has 0 spiro atoms. The summed E-state index contributed by atoms with van der Waals surface area (Å²) in [6.45, 7) is 6.28. The number of nitrogens with zero attached hydrogens (tertiary/aromatic N) is 1. The summed E-state index contributed by atoms with van der Waals surface area (Å²) in [6, 6.07) is 12.7. The van der Waals surface area contributed by atoms with Gasteiger partial charge in [-0.05, 0) is 61.6 Å². The van der Waals surface area contributed by atoms with Crippen molar-refractivity contribution in [3.05, 3.63) is 53.6 Å². The number of nitrogens with one attached hydrogen (secondary N) is 1. The lowest BCUT2D eigenvalue weighted by Crippen LogP contribution is -2.50. The molecule has 0 fully saturated rings. The van der Waals surface area contributed by atoms with Crippen molar-refractivity contribution in [1.29, 1.82) is 0 Å². The number of amides is 2. The maximum atomic E-state index is 13.4. The molecule has 0 aliphatic heterocycles. The van der Waals surface area contributed by atoms with Crippen molar-refractivity contribution in [3.63, 3.8) is 0 Å². The Morgan fingerprint density at radius 2 is 1.53 bits per heavy atom. The van der Waals surface area contributed by atoms with Crippen LogP contribution in [0.2, 0.25) is 0 Å². The summed E-state index contributed by atoms with van der Waals surface area (Å²) >= 11 is 0. The Labute approximate surface area is 203 Å². The summed E-state index contributed by atoms with van der Waals surface area (Å²) in [4.78, 5) is 28.2. The van der Waals surface area contributed by atoms with Crippen LogP contribution in [0.4, 0.5) is 0 Å². The van der Waals surface area contributed by atoms with E-state index in [-0.39, 0.29) is 24.3 Å². The van der Waals surface area contributed by atoms with Crippen LogP contribution in [0.15, 0.2) is 42.5 Å². The third-order valence-electron chi connectivity index (χ3n) is 5.97. The van der Waals surface area contributed by atoms with Gasteiger partial charge in [-0.15, -0.1) is 0 Å². The zero-order valence-corrected chi connectivity index (χ0v) is 21.2. The van der Waals surface area contributed by atoms with Gasteiger partial charge in [0.15, 0.2) is 11.5 Å². The number of methoxy groups -OCH3 is 3. The molecule has 0 aromatic heterocycles. The second-order valence-corrected chi connectivity index (χ2v) is 8.30. The van der Waals surface area contributed by atoms with Gasteiger partial charge in [0.2, 0.25) is 11.8 Å². The number of rotatable bonds is 13. The minimum Gasteiger partial charge on any atom is -0.497 e. The molecule has 0 aliphatic carbocycles. The molecule has 1 N–H and O–H groups in total. The molecule has 0 radical (unpaired) electrons. The zero-order chi connectivity index (χ0) is 25.1. The SMILES string of the molecule is CC[C@@H](C)NC(=O)[C@@H](CC)N(Cc1ccc(OC)cc1)C(=O)CCc1ccc(OC)c(OC)c1. The molecular weight excluding hydrogens is 432 g/mol. The highest BCUT2D eigenvalue weighted by molar-refractivity contribution is 5.88. The summed E-state index contributed by atoms with van der Waals surface area (Å²) in [7, 11) is 4.80. The van der Waals surface area contributed by atoms with Crippen LogP contribution >= 0.6 is 0 Å². The van der Waals surface area contributed by atoms with E-state index >= 15 is 0 Å². The molecule has 2 amide bonds. The van der Waals surface area contributed by atoms with Crippen LogP contribution in [0, 0.1) is 0 Å². The summed E-state index contributed by atoms with van der Waals surface area (Å²) in [5.74, 6) is 1.83. The number of aryl methyl sites for hydroxylation is 1. The third kappa shape index (κ3) is 7.40. The normalized spacial score (nSPS) is 12.4. The number of hydrogen-bond donors (Lipinski definition) is 1. The molecule has 0 heterocycles. The van der Waals surface area contributed by atoms with E-state index in [4.69, 9.17) is 14.2 Å². The minimum atomic E-state index is -0.547. The fourth-order valence-corrected chi connectivity index (χ4v) is 3.72. The van der Waals surface area contributed by atoms with E-state index in [0.717, 1.165) is 23.3 Å². The van der Waals surface area contributed by atoms with Gasteiger partial charge in [-0.25, -0.2) is 0 Å². The fraction of sp³-hybridized carbons (Fsp3) is 0.481. The summed E-state index contributed by atoms with van der Waals surface area (Å²) < 4.78 is 15.9. The number of benzene rings is 2. The second-order valence-electron chi connectivity index (χ2n) is 8.30. The topological polar surface area (TPSA) is 77.1 Å². The molecular formula is C27H38N2O5. The predicted octanol–water partition coefficient (Wildman–Crippen LogP) is 4.37. The first-order chi connectivity index (χ1) is 16.4. The van der Waals surface area contributed by atoms with Crippen LogP contribution in [0.3, 0.4) is 0 Å². The molecule has 2 aromatic rings. The van der Waals surface area contributed by atoms with Gasteiger partial charge in [0.05, 0.1) is 21.3 Å². The van der Waals surface area contributed by atoms with E-state index in [1.165, 1.54) is 0 Å². The molecule has 0 bridgehead atoms. The van der Waals surface area contributed by atoms with E-state index < -0.39 is 6.04 Å². The standard InChI is InChI=1S/C27H38N2O5/c1-7-19(3)28-27(31)23(8-2)29(18-21-9-13-22(32-4)14-10-21)26(30)16-12-20-11-15-24(33-5)25(17-20)34-6/h9-11,13-15,17,19,23H,7-8,12,16,18H2,1-6H3,(H,28,31)/t19-,23-/m1/s1. The monoisotopic (exact) mass is 470 g/mol. The fourth-order valence-electron chi connectivity index (χ4n) is 3.72. The quantitative estimate of drug-likeness (QED) is 0.471. The Balaban J connectivity index is 2.23. The van der Waals surface area contributed by atoms with Crippen LogP contribution in [0.1, 0.15) is 51.2 Å². The number of ether oxygens (including phenoxy) is 3. The van der Waals surface area contributed by atoms with Crippen molar-refractivity contribution in [1.82, 2.24) is 10.2 Å². The zero-order valence-electron chi connectivity index (χ0n) is 21.2. The van der Waals surface area contributed by atoms with Crippen LogP contribution in [0.5, 0.6) is 17.2 Å². The van der Waals surface area contributed by atoms with Gasteiger partial charge in [0.1, 0.15) is 11.8 Å². The van der Waals surface area contributed by atoms with E-state index in [1.54, 1.807) is 26.2 Å². The highest BCUT2D eigenvalue weighted by Gasteiger charge is 2.29. The number of hydrogen-bond acceptors (Lipinski definition) is 5. The Morgan fingerprint density at radius 1 is 0.882 bits per heavy atom. The van der Waals surface area contributed by atoms with Crippen molar-refractivity contribution in [2.45, 2.75) is 65.1 Å². The van der Waals surface area contributed by atoms with E-state index in [9.17, 15) is 9.59 Å². The Hall–Kier alpha value is -3.22. The molecule has 0 unspecified atom stereocenters. The molecule has 7 heteroatoms. The molecule has 2 rings (SSSR count). The van der Waals surface area contributed by atoms with Gasteiger partial charge in [-0.1, -0.05) is 32.0 Å². The van der Waals surface area contributed by atoms with Crippen molar-refractivity contribution in [2.24, 2.45) is 0 Å². The summed E-state index contributed by atoms with van der Waals surface area (Å²) in [5.41, 5.74) is 1.91. The Morgan fingerprint density at radius 3 is 2.09 bits per heavy atom. The molecule has 7 nitrogen and oxygen atoms in total. The van der Waals surface area contributed by atoms with E-state index in [0.29, 0.717) is 30.9 Å². The van der Waals surface area contributed by atoms with Crippen LogP contribution in [-0.4, -0.2) is 50.1 Å². The largest absolute Gasteiger partial charge is 0.497 e. The van der Waals surface area contributed by atoms with Gasteiger partial charge < -0.3 is 24.4 Å². The number of carbonyl (C=O) groups excluding carboxylic acids is 2. The first-order valence-corrected chi connectivity index (χ1v) is 11.8. The smallest absolute Gasteiger partial charge is 0.243 e. The van der Waals surface area contributed by atoms with Gasteiger partial charge in [-0.3, -0.25) is 9.59 Å². The predicted molar refractivity (Wildman–Crippen MR) is 133 cm³/mol. The maximum Gasteiger partial charge on any atom is 0.243 e. The molecule has 0 aliphatic rings. The van der Waals surface area contributed by atoms with Crippen molar-refractivity contribution >= 4 is 11.8 Å². The average Bonchev–Trinajstić information content (AvgIpc) is 2.87. The summed E-state index contributed by atoms with van der Waals surface area (Å²) in [6.07, 6.45) is 2.16. The van der Waals surface area contributed by atoms with Gasteiger partial charge in [-0.2, -0.15) is 0 Å². The third-order valence-corrected chi connectivity index (χ3v) is 5.97. The highest BCUT2D eigenvalue weighted by atomic mass is 16.5. The lowest BCUT2D eigenvalue weighted by atomic mass is 10.1.